The van der Waals surface area contributed by atoms with Crippen LogP contribution in [0, 0.1) is 0 Å². The van der Waals surface area contributed by atoms with Gasteiger partial charge in [0.05, 0.1) is 12.1 Å². The van der Waals surface area contributed by atoms with Crippen LogP contribution in [0.15, 0.2) is 18.2 Å². The first kappa shape index (κ1) is 11.0. The molecule has 86 valence electrons. The highest BCUT2D eigenvalue weighted by molar-refractivity contribution is 5.97. The number of nitrogens with one attached hydrogen (secondary N) is 1. The summed E-state index contributed by atoms with van der Waals surface area (Å²) in [6, 6.07) is 5.64. The van der Waals surface area contributed by atoms with Gasteiger partial charge in [-0.2, -0.15) is 0 Å². The number of rotatable bonds is 2. The van der Waals surface area contributed by atoms with Crippen molar-refractivity contribution in [3.8, 4) is 5.75 Å². The normalized spacial score (nSPS) is 14.2. The Morgan fingerprint density at radius 1 is 1.50 bits per heavy atom. The summed E-state index contributed by atoms with van der Waals surface area (Å²) in [6.07, 6.45) is 0.894. The van der Waals surface area contributed by atoms with E-state index < -0.39 is 5.54 Å². The molecule has 1 heterocycles. The molecule has 0 saturated carbocycles. The van der Waals surface area contributed by atoms with Crippen molar-refractivity contribution < 1.29 is 9.53 Å². The molecule has 3 N–H and O–H groups in total. The molecule has 1 amide bonds. The fraction of sp³-hybridized carbons (Fsp3) is 0.417. The van der Waals surface area contributed by atoms with Crippen LogP contribution < -0.4 is 15.8 Å². The van der Waals surface area contributed by atoms with Crippen LogP contribution in [-0.2, 0) is 11.2 Å². The number of carbonyl (C=O) groups excluding carboxylic acids is 1. The summed E-state index contributed by atoms with van der Waals surface area (Å²) in [5, 5.41) is 2.79. The van der Waals surface area contributed by atoms with Crippen molar-refractivity contribution in [1.82, 2.24) is 0 Å². The zero-order valence-electron chi connectivity index (χ0n) is 9.54. The number of hydrogen-bond acceptors (Lipinski definition) is 3. The maximum atomic E-state index is 11.7. The molecule has 0 unspecified atom stereocenters. The smallest absolute Gasteiger partial charge is 0.243 e. The predicted molar refractivity (Wildman–Crippen MR) is 62.5 cm³/mol. The molecule has 1 aromatic rings. The van der Waals surface area contributed by atoms with Crippen LogP contribution in [0.2, 0.25) is 0 Å². The summed E-state index contributed by atoms with van der Waals surface area (Å²) in [5.41, 5.74) is 6.74. The number of carbonyl (C=O) groups is 1. The third kappa shape index (κ3) is 2.17. The molecule has 0 aromatic heterocycles. The number of anilines is 1. The summed E-state index contributed by atoms with van der Waals surface area (Å²) in [7, 11) is 0. The van der Waals surface area contributed by atoms with E-state index in [1.807, 2.05) is 18.2 Å². The van der Waals surface area contributed by atoms with Gasteiger partial charge < -0.3 is 15.8 Å². The molecule has 0 atom stereocenters. The summed E-state index contributed by atoms with van der Waals surface area (Å²) in [5.74, 6) is 0.719. The Bertz CT molecular complexity index is 422. The van der Waals surface area contributed by atoms with Crippen molar-refractivity contribution in [3.63, 3.8) is 0 Å². The number of benzene rings is 1. The Kier molecular flexibility index (Phi) is 2.59. The van der Waals surface area contributed by atoms with Crippen molar-refractivity contribution in [2.45, 2.75) is 25.8 Å². The molecular formula is C12H16N2O2. The van der Waals surface area contributed by atoms with Gasteiger partial charge in [-0.3, -0.25) is 4.79 Å². The van der Waals surface area contributed by atoms with Crippen molar-refractivity contribution in [3.05, 3.63) is 23.8 Å². The maximum Gasteiger partial charge on any atom is 0.243 e. The van der Waals surface area contributed by atoms with E-state index in [4.69, 9.17) is 10.5 Å². The van der Waals surface area contributed by atoms with Gasteiger partial charge in [0, 0.05) is 12.1 Å². The monoisotopic (exact) mass is 220 g/mol. The molecule has 4 heteroatoms. The molecule has 0 saturated heterocycles. The summed E-state index contributed by atoms with van der Waals surface area (Å²) in [4.78, 5) is 11.7. The highest BCUT2D eigenvalue weighted by Gasteiger charge is 2.22. The van der Waals surface area contributed by atoms with Gasteiger partial charge in [-0.1, -0.05) is 0 Å². The van der Waals surface area contributed by atoms with Crippen LogP contribution >= 0.6 is 0 Å². The molecule has 2 rings (SSSR count). The van der Waals surface area contributed by atoms with Crippen LogP contribution in [0.25, 0.3) is 0 Å². The van der Waals surface area contributed by atoms with E-state index in [1.165, 1.54) is 0 Å². The second-order valence-corrected chi connectivity index (χ2v) is 4.60. The molecule has 1 aromatic carbocycles. The number of hydrogen-bond donors (Lipinski definition) is 2. The topological polar surface area (TPSA) is 64.4 Å². The standard InChI is InChI=1S/C12H16N2O2/c1-12(2,13)11(15)14-9-3-4-10-8(7-9)5-6-16-10/h3-4,7H,5-6,13H2,1-2H3,(H,14,15). The molecule has 0 radical (unpaired) electrons. The van der Waals surface area contributed by atoms with Crippen molar-refractivity contribution >= 4 is 11.6 Å². The van der Waals surface area contributed by atoms with E-state index in [0.29, 0.717) is 0 Å². The molecular weight excluding hydrogens is 204 g/mol. The fourth-order valence-corrected chi connectivity index (χ4v) is 1.56. The molecule has 1 aliphatic rings. The fourth-order valence-electron chi connectivity index (χ4n) is 1.56. The lowest BCUT2D eigenvalue weighted by Crippen LogP contribution is -2.45. The van der Waals surface area contributed by atoms with E-state index in [2.05, 4.69) is 5.32 Å². The Morgan fingerprint density at radius 3 is 2.94 bits per heavy atom. The van der Waals surface area contributed by atoms with E-state index in [0.717, 1.165) is 30.0 Å². The molecule has 1 aliphatic heterocycles. The molecule has 4 nitrogen and oxygen atoms in total. The summed E-state index contributed by atoms with van der Waals surface area (Å²) < 4.78 is 5.39. The zero-order valence-corrected chi connectivity index (χ0v) is 9.54. The van der Waals surface area contributed by atoms with Gasteiger partial charge in [-0.15, -0.1) is 0 Å². The van der Waals surface area contributed by atoms with Crippen LogP contribution in [-0.4, -0.2) is 18.1 Å². The minimum absolute atomic E-state index is 0.189. The van der Waals surface area contributed by atoms with Gasteiger partial charge in [-0.25, -0.2) is 0 Å². The number of ether oxygens (including phenoxy) is 1. The second-order valence-electron chi connectivity index (χ2n) is 4.60. The van der Waals surface area contributed by atoms with Gasteiger partial charge in [0.15, 0.2) is 0 Å². The lowest BCUT2D eigenvalue weighted by molar-refractivity contribution is -0.120. The molecule has 0 fully saturated rings. The maximum absolute atomic E-state index is 11.7. The largest absolute Gasteiger partial charge is 0.493 e. The third-order valence-corrected chi connectivity index (χ3v) is 2.53. The van der Waals surface area contributed by atoms with Gasteiger partial charge in [-0.05, 0) is 37.6 Å². The number of nitrogens with two attached hydrogens (primary N) is 1. The summed E-state index contributed by atoms with van der Waals surface area (Å²) >= 11 is 0. The predicted octanol–water partition coefficient (Wildman–Crippen LogP) is 1.30. The third-order valence-electron chi connectivity index (χ3n) is 2.53. The van der Waals surface area contributed by atoms with Gasteiger partial charge in [0.25, 0.3) is 0 Å². The molecule has 0 spiro atoms. The SMILES string of the molecule is CC(C)(N)C(=O)Nc1ccc2c(c1)CCO2. The number of fused-ring (bicyclic) bond motifs is 1. The van der Waals surface area contributed by atoms with Crippen LogP contribution in [0.5, 0.6) is 5.75 Å². The van der Waals surface area contributed by atoms with Crippen LogP contribution in [0.3, 0.4) is 0 Å². The van der Waals surface area contributed by atoms with Gasteiger partial charge >= 0.3 is 0 Å². The highest BCUT2D eigenvalue weighted by atomic mass is 16.5. The van der Waals surface area contributed by atoms with Crippen molar-refractivity contribution in [1.29, 1.82) is 0 Å². The van der Waals surface area contributed by atoms with Crippen molar-refractivity contribution in [2.75, 3.05) is 11.9 Å². The molecule has 0 aliphatic carbocycles. The van der Waals surface area contributed by atoms with E-state index in [9.17, 15) is 4.79 Å². The Morgan fingerprint density at radius 2 is 2.25 bits per heavy atom. The van der Waals surface area contributed by atoms with E-state index >= 15 is 0 Å². The number of amides is 1. The molecule has 0 bridgehead atoms. The first-order chi connectivity index (χ1) is 7.47. The van der Waals surface area contributed by atoms with Gasteiger partial charge in [0.2, 0.25) is 5.91 Å². The van der Waals surface area contributed by atoms with Crippen LogP contribution in [0.4, 0.5) is 5.69 Å². The second kappa shape index (κ2) is 3.79. The van der Waals surface area contributed by atoms with E-state index in [1.54, 1.807) is 13.8 Å². The van der Waals surface area contributed by atoms with Crippen LogP contribution in [0.1, 0.15) is 19.4 Å². The minimum atomic E-state index is -0.866. The molecule has 16 heavy (non-hydrogen) atoms. The lowest BCUT2D eigenvalue weighted by Gasteiger charge is -2.18. The van der Waals surface area contributed by atoms with Gasteiger partial charge in [0.1, 0.15) is 5.75 Å². The average Bonchev–Trinajstić information content (AvgIpc) is 2.63. The Hall–Kier alpha value is -1.55. The quantitative estimate of drug-likeness (QED) is 0.789. The Labute approximate surface area is 94.8 Å². The Balaban J connectivity index is 2.14. The van der Waals surface area contributed by atoms with Crippen molar-refractivity contribution in [2.24, 2.45) is 5.73 Å². The van der Waals surface area contributed by atoms with E-state index in [-0.39, 0.29) is 5.91 Å². The zero-order chi connectivity index (χ0) is 11.8. The first-order valence-corrected chi connectivity index (χ1v) is 5.33. The average molecular weight is 220 g/mol. The lowest BCUT2D eigenvalue weighted by atomic mass is 10.1. The summed E-state index contributed by atoms with van der Waals surface area (Å²) in [6.45, 7) is 4.08. The minimum Gasteiger partial charge on any atom is -0.493 e. The highest BCUT2D eigenvalue weighted by Crippen LogP contribution is 2.27. The first-order valence-electron chi connectivity index (χ1n) is 5.33.